The van der Waals surface area contributed by atoms with Crippen molar-refractivity contribution in [1.82, 2.24) is 4.90 Å². The Morgan fingerprint density at radius 1 is 1.56 bits per heavy atom. The third kappa shape index (κ3) is 1.62. The van der Waals surface area contributed by atoms with Gasteiger partial charge in [0.15, 0.2) is 0 Å². The molecule has 1 rings (SSSR count). The molecule has 52 valence electrons. The number of likely N-dealkylation sites (tertiary alicyclic amines) is 1. The smallest absolute Gasteiger partial charge is 0.113 e. The minimum atomic E-state index is 0.698. The highest BCUT2D eigenvalue weighted by Gasteiger charge is 2.23. The standard InChI is InChI=1S/C8H15N/c1-7(2)9-5-4-8(3)6-9/h7H,3-6H2,1-2H3. The van der Waals surface area contributed by atoms with Gasteiger partial charge in [0, 0.05) is 12.6 Å². The first-order chi connectivity index (χ1) is 4.20. The Morgan fingerprint density at radius 2 is 2.22 bits per heavy atom. The van der Waals surface area contributed by atoms with Crippen LogP contribution in [0.5, 0.6) is 0 Å². The van der Waals surface area contributed by atoms with Gasteiger partial charge in [-0.3, -0.25) is 4.90 Å². The third-order valence-electron chi connectivity index (χ3n) is 1.91. The Morgan fingerprint density at radius 3 is 2.44 bits per heavy atom. The molecule has 1 nitrogen and oxygen atoms in total. The lowest BCUT2D eigenvalue weighted by Gasteiger charge is -2.15. The van der Waals surface area contributed by atoms with Crippen LogP contribution in [-0.2, 0) is 0 Å². The normalized spacial score (nSPS) is 22.0. The van der Waals surface area contributed by atoms with Gasteiger partial charge >= 0.3 is 0 Å². The van der Waals surface area contributed by atoms with E-state index in [0.29, 0.717) is 6.04 Å². The Labute approximate surface area is 58.0 Å². The van der Waals surface area contributed by atoms with E-state index in [1.54, 1.807) is 0 Å². The molecule has 1 saturated heterocycles. The summed E-state index contributed by atoms with van der Waals surface area (Å²) in [5.74, 6) is 1.39. The number of hydrogen-bond donors (Lipinski definition) is 0. The number of nitrogens with zero attached hydrogens (tertiary/aromatic N) is 1. The van der Waals surface area contributed by atoms with Gasteiger partial charge in [-0.05, 0) is 19.8 Å². The van der Waals surface area contributed by atoms with Crippen molar-refractivity contribution in [1.29, 1.82) is 0 Å². The first-order valence-electron chi connectivity index (χ1n) is 3.61. The molecule has 9 heavy (non-hydrogen) atoms. The maximum atomic E-state index is 3.95. The van der Waals surface area contributed by atoms with Crippen LogP contribution in [0.1, 0.15) is 20.3 Å². The summed E-state index contributed by atoms with van der Waals surface area (Å²) in [6.07, 6.45) is 1.21. The molecule has 0 radical (unpaired) electrons. The van der Waals surface area contributed by atoms with E-state index in [9.17, 15) is 0 Å². The molecule has 1 heterocycles. The summed E-state index contributed by atoms with van der Waals surface area (Å²) in [5.41, 5.74) is 0. The van der Waals surface area contributed by atoms with E-state index in [2.05, 4.69) is 25.7 Å². The minimum Gasteiger partial charge on any atom is -0.261 e. The molecule has 1 aliphatic rings. The molecule has 0 aromatic carbocycles. The molecule has 1 fully saturated rings. The summed E-state index contributed by atoms with van der Waals surface area (Å²) in [7, 11) is 0. The van der Waals surface area contributed by atoms with Crippen LogP contribution in [0.2, 0.25) is 0 Å². The van der Waals surface area contributed by atoms with Crippen LogP contribution in [0.3, 0.4) is 0 Å². The van der Waals surface area contributed by atoms with Crippen LogP contribution < -0.4 is 0 Å². The zero-order valence-corrected chi connectivity index (χ0v) is 6.35. The molecule has 0 atom stereocenters. The fraction of sp³-hybridized carbons (Fsp3) is 0.750. The quantitative estimate of drug-likeness (QED) is 0.480. The van der Waals surface area contributed by atoms with Gasteiger partial charge in [-0.25, -0.2) is 0 Å². The zero-order chi connectivity index (χ0) is 6.85. The Kier molecular flexibility index (Phi) is 2.01. The van der Waals surface area contributed by atoms with Crippen molar-refractivity contribution in [2.24, 2.45) is 0 Å². The van der Waals surface area contributed by atoms with Gasteiger partial charge in [-0.15, -0.1) is 6.92 Å². The van der Waals surface area contributed by atoms with Crippen molar-refractivity contribution in [2.45, 2.75) is 26.3 Å². The van der Waals surface area contributed by atoms with Gasteiger partial charge in [0.05, 0.1) is 6.42 Å². The van der Waals surface area contributed by atoms with Gasteiger partial charge in [0.2, 0.25) is 0 Å². The maximum absolute atomic E-state index is 3.95. The van der Waals surface area contributed by atoms with Crippen molar-refractivity contribution >= 4 is 0 Å². The summed E-state index contributed by atoms with van der Waals surface area (Å²) in [5, 5.41) is 0. The van der Waals surface area contributed by atoms with E-state index in [4.69, 9.17) is 0 Å². The van der Waals surface area contributed by atoms with Gasteiger partial charge in [0.1, 0.15) is 6.54 Å². The maximum Gasteiger partial charge on any atom is 0.113 e. The van der Waals surface area contributed by atoms with Crippen LogP contribution in [0, 0.1) is 12.8 Å². The molecule has 0 N–H and O–H groups in total. The van der Waals surface area contributed by atoms with Crippen LogP contribution in [0.4, 0.5) is 0 Å². The first kappa shape index (κ1) is 6.94. The second-order valence-electron chi connectivity index (χ2n) is 3.06. The predicted molar refractivity (Wildman–Crippen MR) is 39.9 cm³/mol. The van der Waals surface area contributed by atoms with Crippen molar-refractivity contribution in [3.05, 3.63) is 12.8 Å². The summed E-state index contributed by atoms with van der Waals surface area (Å²) in [6, 6.07) is 0.698. The average Bonchev–Trinajstić information content (AvgIpc) is 2.14. The van der Waals surface area contributed by atoms with E-state index in [1.807, 2.05) is 0 Å². The number of hydrogen-bond acceptors (Lipinski definition) is 1. The van der Waals surface area contributed by atoms with Crippen molar-refractivity contribution in [3.63, 3.8) is 0 Å². The van der Waals surface area contributed by atoms with Crippen LogP contribution in [0.15, 0.2) is 0 Å². The van der Waals surface area contributed by atoms with Crippen LogP contribution in [0.25, 0.3) is 0 Å². The molecule has 0 aromatic rings. The lowest BCUT2D eigenvalue weighted by atomic mass is 10.2. The lowest BCUT2D eigenvalue weighted by Crippen LogP contribution is -2.27. The number of rotatable bonds is 1. The second-order valence-corrected chi connectivity index (χ2v) is 3.06. The summed E-state index contributed by atoms with van der Waals surface area (Å²) in [4.78, 5) is 2.45. The fourth-order valence-corrected chi connectivity index (χ4v) is 1.19. The highest BCUT2D eigenvalue weighted by molar-refractivity contribution is 5.02. The van der Waals surface area contributed by atoms with Gasteiger partial charge in [-0.2, -0.15) is 0 Å². The molecule has 1 aliphatic heterocycles. The first-order valence-corrected chi connectivity index (χ1v) is 3.61. The van der Waals surface area contributed by atoms with Crippen molar-refractivity contribution < 1.29 is 0 Å². The zero-order valence-electron chi connectivity index (χ0n) is 6.35. The molecular weight excluding hydrogens is 110 g/mol. The summed E-state index contributed by atoms with van der Waals surface area (Å²) in [6.45, 7) is 10.8. The third-order valence-corrected chi connectivity index (χ3v) is 1.91. The van der Waals surface area contributed by atoms with E-state index in [-0.39, 0.29) is 0 Å². The van der Waals surface area contributed by atoms with E-state index in [0.717, 1.165) is 6.54 Å². The van der Waals surface area contributed by atoms with Crippen LogP contribution >= 0.6 is 0 Å². The van der Waals surface area contributed by atoms with Crippen molar-refractivity contribution in [3.8, 4) is 0 Å². The average molecular weight is 125 g/mol. The molecule has 0 saturated carbocycles. The molecule has 0 unspecified atom stereocenters. The summed E-state index contributed by atoms with van der Waals surface area (Å²) < 4.78 is 0. The van der Waals surface area contributed by atoms with Crippen LogP contribution in [-0.4, -0.2) is 24.0 Å². The monoisotopic (exact) mass is 125 g/mol. The van der Waals surface area contributed by atoms with E-state index < -0.39 is 0 Å². The predicted octanol–water partition coefficient (Wildman–Crippen LogP) is 1.51. The SMILES string of the molecule is [CH2-][C+]1CCN(C(C)C)C1. The second kappa shape index (κ2) is 2.61. The molecule has 0 bridgehead atoms. The largest absolute Gasteiger partial charge is 0.261 e. The lowest BCUT2D eigenvalue weighted by molar-refractivity contribution is 0.279. The Hall–Kier alpha value is -0.170. The molecule has 0 amide bonds. The molecule has 0 spiro atoms. The summed E-state index contributed by atoms with van der Waals surface area (Å²) >= 11 is 0. The van der Waals surface area contributed by atoms with Gasteiger partial charge in [-0.1, -0.05) is 0 Å². The molecule has 0 aliphatic carbocycles. The topological polar surface area (TPSA) is 3.24 Å². The highest BCUT2D eigenvalue weighted by atomic mass is 15.2. The van der Waals surface area contributed by atoms with Gasteiger partial charge < -0.3 is 0 Å². The minimum absolute atomic E-state index is 0.698. The Balaban J connectivity index is 2.30. The molecule has 0 aromatic heterocycles. The molecular formula is C8H15N. The van der Waals surface area contributed by atoms with Crippen molar-refractivity contribution in [2.75, 3.05) is 13.1 Å². The molecule has 1 heteroatoms. The van der Waals surface area contributed by atoms with E-state index >= 15 is 0 Å². The van der Waals surface area contributed by atoms with E-state index in [1.165, 1.54) is 18.9 Å². The highest BCUT2D eigenvalue weighted by Crippen LogP contribution is 2.18. The Bertz CT molecular complexity index is 88.6. The fourth-order valence-electron chi connectivity index (χ4n) is 1.19. The van der Waals surface area contributed by atoms with Gasteiger partial charge in [0.25, 0.3) is 0 Å².